The molecule has 2 aliphatic rings. The summed E-state index contributed by atoms with van der Waals surface area (Å²) in [4.78, 5) is 0. The lowest BCUT2D eigenvalue weighted by Crippen LogP contribution is -2.18. The SMILES string of the molecule is CC(C)(c1ccc(-c2ccc3c(c2)OCO3)cc1)c1ccc(-c2ccc3c(c2)OCO3)cc1. The number of hydrogen-bond acceptors (Lipinski definition) is 4. The number of benzene rings is 4. The number of ether oxygens (including phenoxy) is 4. The Morgan fingerprint density at radius 3 is 1.24 bits per heavy atom. The zero-order valence-corrected chi connectivity index (χ0v) is 18.6. The Labute approximate surface area is 193 Å². The van der Waals surface area contributed by atoms with Crippen molar-refractivity contribution >= 4 is 0 Å². The molecular weight excluding hydrogens is 412 g/mol. The third-order valence-electron chi connectivity index (χ3n) is 6.62. The van der Waals surface area contributed by atoms with Gasteiger partial charge in [0.05, 0.1) is 0 Å². The van der Waals surface area contributed by atoms with Gasteiger partial charge in [0.2, 0.25) is 13.6 Å². The van der Waals surface area contributed by atoms with Crippen molar-refractivity contribution in [2.24, 2.45) is 0 Å². The maximum atomic E-state index is 5.52. The molecule has 0 spiro atoms. The van der Waals surface area contributed by atoms with Crippen LogP contribution in [0.15, 0.2) is 84.9 Å². The predicted octanol–water partition coefficient (Wildman–Crippen LogP) is 6.80. The van der Waals surface area contributed by atoms with Crippen molar-refractivity contribution in [3.05, 3.63) is 96.1 Å². The summed E-state index contributed by atoms with van der Waals surface area (Å²) in [6, 6.07) is 29.7. The van der Waals surface area contributed by atoms with Gasteiger partial charge in [-0.3, -0.25) is 0 Å². The van der Waals surface area contributed by atoms with Crippen LogP contribution in [0.4, 0.5) is 0 Å². The van der Waals surface area contributed by atoms with Gasteiger partial charge >= 0.3 is 0 Å². The van der Waals surface area contributed by atoms with Crippen LogP contribution in [-0.2, 0) is 5.41 Å². The van der Waals surface area contributed by atoms with Crippen LogP contribution in [0.5, 0.6) is 23.0 Å². The van der Waals surface area contributed by atoms with E-state index in [0.29, 0.717) is 13.6 Å². The van der Waals surface area contributed by atoms with Gasteiger partial charge in [0.1, 0.15) is 0 Å². The van der Waals surface area contributed by atoms with Crippen molar-refractivity contribution in [3.63, 3.8) is 0 Å². The van der Waals surface area contributed by atoms with E-state index in [-0.39, 0.29) is 5.41 Å². The van der Waals surface area contributed by atoms with Crippen molar-refractivity contribution in [1.29, 1.82) is 0 Å². The molecule has 0 atom stereocenters. The van der Waals surface area contributed by atoms with Gasteiger partial charge in [-0.05, 0) is 57.6 Å². The van der Waals surface area contributed by atoms with E-state index in [0.717, 1.165) is 45.3 Å². The predicted molar refractivity (Wildman–Crippen MR) is 128 cm³/mol. The molecule has 2 aliphatic heterocycles. The van der Waals surface area contributed by atoms with Crippen LogP contribution in [0.2, 0.25) is 0 Å². The first-order valence-corrected chi connectivity index (χ1v) is 11.1. The van der Waals surface area contributed by atoms with Crippen LogP contribution in [0.25, 0.3) is 22.3 Å². The number of hydrogen-bond donors (Lipinski definition) is 0. The highest BCUT2D eigenvalue weighted by Crippen LogP contribution is 2.39. The first-order chi connectivity index (χ1) is 16.1. The van der Waals surface area contributed by atoms with E-state index in [9.17, 15) is 0 Å². The maximum Gasteiger partial charge on any atom is 0.231 e. The summed E-state index contributed by atoms with van der Waals surface area (Å²) in [6.07, 6.45) is 0. The van der Waals surface area contributed by atoms with Gasteiger partial charge in [-0.25, -0.2) is 0 Å². The summed E-state index contributed by atoms with van der Waals surface area (Å²) in [6.45, 7) is 5.11. The van der Waals surface area contributed by atoms with Crippen molar-refractivity contribution < 1.29 is 18.9 Å². The Morgan fingerprint density at radius 1 is 0.455 bits per heavy atom. The molecule has 0 aliphatic carbocycles. The number of fused-ring (bicyclic) bond motifs is 2. The van der Waals surface area contributed by atoms with Crippen molar-refractivity contribution in [1.82, 2.24) is 0 Å². The minimum Gasteiger partial charge on any atom is -0.454 e. The minimum absolute atomic E-state index is 0.124. The first kappa shape index (κ1) is 19.7. The normalized spacial score (nSPS) is 13.9. The van der Waals surface area contributed by atoms with E-state index < -0.39 is 0 Å². The van der Waals surface area contributed by atoms with E-state index in [4.69, 9.17) is 18.9 Å². The van der Waals surface area contributed by atoms with Gasteiger partial charge in [0.25, 0.3) is 0 Å². The van der Waals surface area contributed by atoms with Gasteiger partial charge in [0.15, 0.2) is 23.0 Å². The molecule has 0 saturated heterocycles. The van der Waals surface area contributed by atoms with Gasteiger partial charge in [-0.1, -0.05) is 74.5 Å². The zero-order valence-electron chi connectivity index (χ0n) is 18.6. The lowest BCUT2D eigenvalue weighted by molar-refractivity contribution is 0.173. The second-order valence-corrected chi connectivity index (χ2v) is 8.92. The summed E-state index contributed by atoms with van der Waals surface area (Å²) >= 11 is 0. The Morgan fingerprint density at radius 2 is 0.818 bits per heavy atom. The minimum atomic E-state index is -0.124. The maximum absolute atomic E-state index is 5.52. The fourth-order valence-corrected chi connectivity index (χ4v) is 4.48. The van der Waals surface area contributed by atoms with Crippen molar-refractivity contribution in [3.8, 4) is 45.3 Å². The monoisotopic (exact) mass is 436 g/mol. The highest BCUT2D eigenvalue weighted by Gasteiger charge is 2.23. The second-order valence-electron chi connectivity index (χ2n) is 8.92. The molecular formula is C29H24O4. The van der Waals surface area contributed by atoms with E-state index in [1.807, 2.05) is 24.3 Å². The molecule has 0 unspecified atom stereocenters. The highest BCUT2D eigenvalue weighted by molar-refractivity contribution is 5.69. The highest BCUT2D eigenvalue weighted by atomic mass is 16.7. The molecule has 0 radical (unpaired) electrons. The molecule has 0 fully saturated rings. The van der Waals surface area contributed by atoms with E-state index in [1.54, 1.807) is 0 Å². The summed E-state index contributed by atoms with van der Waals surface area (Å²) in [5, 5.41) is 0. The molecule has 0 N–H and O–H groups in total. The van der Waals surface area contributed by atoms with E-state index in [1.165, 1.54) is 11.1 Å². The number of rotatable bonds is 4. The summed E-state index contributed by atoms with van der Waals surface area (Å²) in [5.74, 6) is 3.22. The van der Waals surface area contributed by atoms with Crippen LogP contribution in [0.1, 0.15) is 25.0 Å². The zero-order chi connectivity index (χ0) is 22.4. The molecule has 33 heavy (non-hydrogen) atoms. The van der Waals surface area contributed by atoms with Crippen molar-refractivity contribution in [2.75, 3.05) is 13.6 Å². The molecule has 0 bridgehead atoms. The largest absolute Gasteiger partial charge is 0.454 e. The fourth-order valence-electron chi connectivity index (χ4n) is 4.48. The van der Waals surface area contributed by atoms with Crippen LogP contribution >= 0.6 is 0 Å². The molecule has 2 heterocycles. The van der Waals surface area contributed by atoms with Crippen LogP contribution in [0, 0.1) is 0 Å². The van der Waals surface area contributed by atoms with Crippen molar-refractivity contribution in [2.45, 2.75) is 19.3 Å². The summed E-state index contributed by atoms with van der Waals surface area (Å²) in [5.41, 5.74) is 6.97. The van der Waals surface area contributed by atoms with Gasteiger partial charge < -0.3 is 18.9 Å². The molecule has 4 heteroatoms. The third kappa shape index (κ3) is 3.48. The molecule has 4 nitrogen and oxygen atoms in total. The Hall–Kier alpha value is -3.92. The molecule has 164 valence electrons. The topological polar surface area (TPSA) is 36.9 Å². The van der Waals surface area contributed by atoms with Gasteiger partial charge in [-0.2, -0.15) is 0 Å². The molecule has 6 rings (SSSR count). The van der Waals surface area contributed by atoms with Crippen LogP contribution < -0.4 is 18.9 Å². The lowest BCUT2D eigenvalue weighted by Gasteiger charge is -2.26. The van der Waals surface area contributed by atoms with Gasteiger partial charge in [-0.15, -0.1) is 0 Å². The molecule has 4 aromatic rings. The van der Waals surface area contributed by atoms with Crippen LogP contribution in [-0.4, -0.2) is 13.6 Å². The second kappa shape index (κ2) is 7.59. The Bertz CT molecular complexity index is 1220. The summed E-state index contributed by atoms with van der Waals surface area (Å²) in [7, 11) is 0. The van der Waals surface area contributed by atoms with E-state index in [2.05, 4.69) is 74.5 Å². The lowest BCUT2D eigenvalue weighted by atomic mass is 9.77. The average molecular weight is 437 g/mol. The average Bonchev–Trinajstić information content (AvgIpc) is 3.52. The molecule has 4 aromatic carbocycles. The Kier molecular flexibility index (Phi) is 4.54. The smallest absolute Gasteiger partial charge is 0.231 e. The first-order valence-electron chi connectivity index (χ1n) is 11.1. The van der Waals surface area contributed by atoms with E-state index >= 15 is 0 Å². The van der Waals surface area contributed by atoms with Crippen LogP contribution in [0.3, 0.4) is 0 Å². The van der Waals surface area contributed by atoms with Gasteiger partial charge in [0, 0.05) is 5.41 Å². The molecule has 0 saturated carbocycles. The quantitative estimate of drug-likeness (QED) is 0.352. The molecule has 0 aromatic heterocycles. The summed E-state index contributed by atoms with van der Waals surface area (Å²) < 4.78 is 21.9. The standard InChI is InChI=1S/C29H24O4/c1-29(2,23-9-3-19(4-10-23)21-7-13-25-27(15-21)32-17-30-25)24-11-5-20(6-12-24)22-8-14-26-28(16-22)33-18-31-26/h3-16H,17-18H2,1-2H3. The third-order valence-corrected chi connectivity index (χ3v) is 6.62. The fraction of sp³-hybridized carbons (Fsp3) is 0.172. The Balaban J connectivity index is 1.25. The molecule has 0 amide bonds.